The number of carboxylic acids is 1. The molecule has 0 aromatic heterocycles. The summed E-state index contributed by atoms with van der Waals surface area (Å²) in [5, 5.41) is 9.13. The van der Waals surface area contributed by atoms with Gasteiger partial charge < -0.3 is 9.84 Å². The van der Waals surface area contributed by atoms with E-state index in [9.17, 15) is 9.59 Å². The summed E-state index contributed by atoms with van der Waals surface area (Å²) in [5.41, 5.74) is -0.603. The average Bonchev–Trinajstić information content (AvgIpc) is 2.65. The van der Waals surface area contributed by atoms with Crippen LogP contribution in [0.15, 0.2) is 0 Å². The Morgan fingerprint density at radius 2 is 1.94 bits per heavy atom. The van der Waals surface area contributed by atoms with Crippen LogP contribution in [-0.4, -0.2) is 39.8 Å². The molecule has 17 heavy (non-hydrogen) atoms. The number of hydrogen-bond acceptors (Lipinski definition) is 3. The number of likely N-dealkylation sites (tertiary alicyclic amines) is 1. The molecule has 1 heterocycles. The van der Waals surface area contributed by atoms with E-state index in [-0.39, 0.29) is 11.5 Å². The van der Waals surface area contributed by atoms with Crippen LogP contribution in [0.25, 0.3) is 0 Å². The highest BCUT2D eigenvalue weighted by molar-refractivity contribution is 5.82. The van der Waals surface area contributed by atoms with Crippen LogP contribution in [0.3, 0.4) is 0 Å². The van der Waals surface area contributed by atoms with Gasteiger partial charge in [-0.05, 0) is 39.0 Å². The quantitative estimate of drug-likeness (QED) is 0.761. The lowest BCUT2D eigenvalue weighted by molar-refractivity contribution is -0.142. The maximum Gasteiger partial charge on any atom is 0.411 e. The number of carboxylic acid groups (broad SMARTS) is 1. The maximum absolute atomic E-state index is 12.0. The first-order valence-electron chi connectivity index (χ1n) is 5.88. The van der Waals surface area contributed by atoms with Gasteiger partial charge in [0.2, 0.25) is 0 Å². The molecule has 0 unspecified atom stereocenters. The number of piperidine rings is 1. The van der Waals surface area contributed by atoms with Gasteiger partial charge in [-0.2, -0.15) is 0 Å². The van der Waals surface area contributed by atoms with Gasteiger partial charge in [0.15, 0.2) is 0 Å². The summed E-state index contributed by atoms with van der Waals surface area (Å²) in [6, 6.07) is -0.688. The molecule has 1 aliphatic heterocycles. The number of amides is 1. The molecule has 1 saturated carbocycles. The topological polar surface area (TPSA) is 66.8 Å². The fourth-order valence-electron chi connectivity index (χ4n) is 2.57. The van der Waals surface area contributed by atoms with Gasteiger partial charge in [0, 0.05) is 6.04 Å². The van der Waals surface area contributed by atoms with Crippen molar-refractivity contribution in [2.75, 3.05) is 0 Å². The van der Waals surface area contributed by atoms with E-state index in [0.717, 1.165) is 6.42 Å². The molecule has 0 bridgehead atoms. The molecule has 5 heteroatoms. The number of carbonyl (C=O) groups is 2. The SMILES string of the molecule is CC(C)(C)OC(=O)N1[C@@H](C(=O)O)C[C@]2(C)C[C@H]12. The number of nitrogens with zero attached hydrogens (tertiary/aromatic N) is 1. The minimum atomic E-state index is -0.940. The van der Waals surface area contributed by atoms with Gasteiger partial charge in [0.1, 0.15) is 11.6 Å². The summed E-state index contributed by atoms with van der Waals surface area (Å²) in [4.78, 5) is 24.5. The van der Waals surface area contributed by atoms with Gasteiger partial charge in [0.05, 0.1) is 0 Å². The molecule has 2 aliphatic rings. The lowest BCUT2D eigenvalue weighted by Gasteiger charge is -2.28. The predicted molar refractivity (Wildman–Crippen MR) is 60.6 cm³/mol. The summed E-state index contributed by atoms with van der Waals surface area (Å²) >= 11 is 0. The molecule has 96 valence electrons. The number of hydrogen-bond donors (Lipinski definition) is 1. The molecule has 5 nitrogen and oxygen atoms in total. The Hall–Kier alpha value is -1.26. The standard InChI is InChI=1S/C12H19NO4/c1-11(2,3)17-10(16)13-7(9(14)15)5-12(4)6-8(12)13/h7-8H,5-6H2,1-4H3,(H,14,15)/t7-,8+,12-/m1/s1. The van der Waals surface area contributed by atoms with Gasteiger partial charge in [0.25, 0.3) is 0 Å². The molecular formula is C12H19NO4. The van der Waals surface area contributed by atoms with Crippen molar-refractivity contribution in [3.05, 3.63) is 0 Å². The number of aliphatic carboxylic acids is 1. The third-order valence-electron chi connectivity index (χ3n) is 3.52. The fraction of sp³-hybridized carbons (Fsp3) is 0.833. The Kier molecular flexibility index (Phi) is 2.42. The van der Waals surface area contributed by atoms with Crippen molar-refractivity contribution in [1.29, 1.82) is 0 Å². The number of carbonyl (C=O) groups excluding carboxylic acids is 1. The first kappa shape index (κ1) is 12.2. The van der Waals surface area contributed by atoms with E-state index in [2.05, 4.69) is 0 Å². The molecule has 0 aromatic carbocycles. The monoisotopic (exact) mass is 241 g/mol. The smallest absolute Gasteiger partial charge is 0.411 e. The van der Waals surface area contributed by atoms with Crippen LogP contribution in [0.2, 0.25) is 0 Å². The predicted octanol–water partition coefficient (Wildman–Crippen LogP) is 1.86. The van der Waals surface area contributed by atoms with E-state index in [0.29, 0.717) is 6.42 Å². The van der Waals surface area contributed by atoms with Gasteiger partial charge in [-0.1, -0.05) is 6.92 Å². The Labute approximate surface area is 101 Å². The van der Waals surface area contributed by atoms with Gasteiger partial charge >= 0.3 is 12.1 Å². The first-order valence-corrected chi connectivity index (χ1v) is 5.88. The molecule has 2 fully saturated rings. The van der Waals surface area contributed by atoms with E-state index in [1.54, 1.807) is 20.8 Å². The van der Waals surface area contributed by atoms with Crippen molar-refractivity contribution in [1.82, 2.24) is 4.90 Å². The second kappa shape index (κ2) is 3.37. The highest BCUT2D eigenvalue weighted by Crippen LogP contribution is 2.59. The molecule has 0 aromatic rings. The zero-order valence-electron chi connectivity index (χ0n) is 10.7. The Morgan fingerprint density at radius 1 is 1.35 bits per heavy atom. The minimum Gasteiger partial charge on any atom is -0.480 e. The lowest BCUT2D eigenvalue weighted by Crippen LogP contribution is -2.45. The third kappa shape index (κ3) is 2.10. The Morgan fingerprint density at radius 3 is 2.41 bits per heavy atom. The van der Waals surface area contributed by atoms with Crippen LogP contribution in [0.1, 0.15) is 40.5 Å². The summed E-state index contributed by atoms with van der Waals surface area (Å²) in [5.74, 6) is -0.940. The molecule has 1 aliphatic carbocycles. The Bertz CT molecular complexity index is 373. The summed E-state index contributed by atoms with van der Waals surface area (Å²) in [6.07, 6.45) is 0.915. The van der Waals surface area contributed by atoms with E-state index in [1.165, 1.54) is 4.90 Å². The number of rotatable bonds is 1. The van der Waals surface area contributed by atoms with Crippen molar-refractivity contribution in [3.63, 3.8) is 0 Å². The molecule has 0 spiro atoms. The highest BCUT2D eigenvalue weighted by Gasteiger charge is 2.65. The van der Waals surface area contributed by atoms with Gasteiger partial charge in [-0.3, -0.25) is 4.90 Å². The van der Waals surface area contributed by atoms with Crippen molar-refractivity contribution in [2.45, 2.75) is 58.2 Å². The van der Waals surface area contributed by atoms with Crippen LogP contribution in [0.4, 0.5) is 4.79 Å². The highest BCUT2D eigenvalue weighted by atomic mass is 16.6. The summed E-state index contributed by atoms with van der Waals surface area (Å²) in [7, 11) is 0. The van der Waals surface area contributed by atoms with Crippen LogP contribution >= 0.6 is 0 Å². The molecule has 1 amide bonds. The van der Waals surface area contributed by atoms with Gasteiger partial charge in [-0.25, -0.2) is 9.59 Å². The van der Waals surface area contributed by atoms with E-state index in [4.69, 9.17) is 9.84 Å². The second-order valence-electron chi connectivity index (χ2n) is 6.32. The molecule has 0 radical (unpaired) electrons. The number of ether oxygens (including phenoxy) is 1. The van der Waals surface area contributed by atoms with Gasteiger partial charge in [-0.15, -0.1) is 0 Å². The molecular weight excluding hydrogens is 222 g/mol. The second-order valence-corrected chi connectivity index (χ2v) is 6.32. The first-order chi connectivity index (χ1) is 7.64. The molecule has 1 N–H and O–H groups in total. The third-order valence-corrected chi connectivity index (χ3v) is 3.52. The van der Waals surface area contributed by atoms with Crippen molar-refractivity contribution in [3.8, 4) is 0 Å². The minimum absolute atomic E-state index is 0.0139. The molecule has 2 rings (SSSR count). The fourth-order valence-corrected chi connectivity index (χ4v) is 2.57. The van der Waals surface area contributed by atoms with Crippen LogP contribution in [0.5, 0.6) is 0 Å². The zero-order chi connectivity index (χ0) is 13.0. The number of fused-ring (bicyclic) bond motifs is 1. The van der Waals surface area contributed by atoms with Crippen LogP contribution < -0.4 is 0 Å². The van der Waals surface area contributed by atoms with Crippen LogP contribution in [0, 0.1) is 5.41 Å². The van der Waals surface area contributed by atoms with E-state index >= 15 is 0 Å². The lowest BCUT2D eigenvalue weighted by atomic mass is 10.0. The Balaban J connectivity index is 2.13. The van der Waals surface area contributed by atoms with Crippen molar-refractivity contribution in [2.24, 2.45) is 5.41 Å². The van der Waals surface area contributed by atoms with Crippen molar-refractivity contribution < 1.29 is 19.4 Å². The maximum atomic E-state index is 12.0. The summed E-state index contributed by atoms with van der Waals surface area (Å²) < 4.78 is 5.27. The van der Waals surface area contributed by atoms with Crippen molar-refractivity contribution >= 4 is 12.1 Å². The molecule has 3 atom stereocenters. The zero-order valence-corrected chi connectivity index (χ0v) is 10.7. The van der Waals surface area contributed by atoms with Crippen LogP contribution in [-0.2, 0) is 9.53 Å². The normalized spacial score (nSPS) is 35.4. The summed E-state index contributed by atoms with van der Waals surface area (Å²) in [6.45, 7) is 7.37. The van der Waals surface area contributed by atoms with E-state index < -0.39 is 23.7 Å². The average molecular weight is 241 g/mol. The molecule has 1 saturated heterocycles. The van der Waals surface area contributed by atoms with E-state index in [1.807, 2.05) is 6.92 Å². The largest absolute Gasteiger partial charge is 0.480 e.